The van der Waals surface area contributed by atoms with Crippen LogP contribution in [0.4, 0.5) is 24.1 Å². The number of nitrogens with zero attached hydrogens (tertiary/aromatic N) is 4. The molecule has 2 fully saturated rings. The number of imide groups is 1. The second-order valence-electron chi connectivity index (χ2n) is 8.80. The number of hydrogen-bond acceptors (Lipinski definition) is 7. The van der Waals surface area contributed by atoms with Crippen molar-refractivity contribution in [3.8, 4) is 0 Å². The number of hydrogen-bond donors (Lipinski definition) is 1. The van der Waals surface area contributed by atoms with Crippen LogP contribution in [0.15, 0.2) is 17.3 Å². The molecule has 1 aromatic rings. The summed E-state index contributed by atoms with van der Waals surface area (Å²) in [4.78, 5) is 44.2. The Labute approximate surface area is 202 Å². The van der Waals surface area contributed by atoms with Crippen LogP contribution in [0.3, 0.4) is 0 Å². The Balaban J connectivity index is 1.52. The lowest BCUT2D eigenvalue weighted by Gasteiger charge is -2.32. The highest BCUT2D eigenvalue weighted by molar-refractivity contribution is 6.02. The molecule has 35 heavy (non-hydrogen) atoms. The van der Waals surface area contributed by atoms with Crippen molar-refractivity contribution in [3.63, 3.8) is 0 Å². The number of benzene rings is 1. The van der Waals surface area contributed by atoms with Gasteiger partial charge in [0, 0.05) is 65.0 Å². The number of piperidine rings is 2. The Bertz CT molecular complexity index is 984. The number of anilines is 1. The Morgan fingerprint density at radius 1 is 1.09 bits per heavy atom. The van der Waals surface area contributed by atoms with Gasteiger partial charge >= 0.3 is 12.2 Å². The summed E-state index contributed by atoms with van der Waals surface area (Å²) < 4.78 is 34.4. The second-order valence-corrected chi connectivity index (χ2v) is 8.80. The summed E-state index contributed by atoms with van der Waals surface area (Å²) in [5, 5.41) is 13.1. The molecular formula is C23H30F2N4O6. The zero-order valence-electron chi connectivity index (χ0n) is 20.0. The predicted molar refractivity (Wildman–Crippen MR) is 123 cm³/mol. The Morgan fingerprint density at radius 3 is 2.29 bits per heavy atom. The van der Waals surface area contributed by atoms with Crippen LogP contribution in [0.5, 0.6) is 0 Å². The third-order valence-corrected chi connectivity index (χ3v) is 5.91. The van der Waals surface area contributed by atoms with Gasteiger partial charge in [-0.1, -0.05) is 5.16 Å². The van der Waals surface area contributed by atoms with Crippen LogP contribution in [0.2, 0.25) is 0 Å². The maximum Gasteiger partial charge on any atom is 0.414 e. The van der Waals surface area contributed by atoms with E-state index in [0.717, 1.165) is 24.9 Å². The largest absolute Gasteiger partial charge is 0.465 e. The van der Waals surface area contributed by atoms with E-state index >= 15 is 0 Å². The number of ether oxygens (including phenoxy) is 1. The number of rotatable bonds is 5. The predicted octanol–water partition coefficient (Wildman–Crippen LogP) is 3.70. The van der Waals surface area contributed by atoms with Crippen molar-refractivity contribution in [1.29, 1.82) is 0 Å². The zero-order valence-corrected chi connectivity index (χ0v) is 20.0. The van der Waals surface area contributed by atoms with E-state index in [9.17, 15) is 23.2 Å². The van der Waals surface area contributed by atoms with E-state index in [1.165, 1.54) is 0 Å². The van der Waals surface area contributed by atoms with Gasteiger partial charge in [-0.05, 0) is 19.9 Å². The maximum absolute atomic E-state index is 14.7. The lowest BCUT2D eigenvalue weighted by molar-refractivity contribution is 0.00414. The fourth-order valence-corrected chi connectivity index (χ4v) is 3.88. The molecule has 2 heterocycles. The quantitative estimate of drug-likeness (QED) is 0.619. The van der Waals surface area contributed by atoms with Gasteiger partial charge in [0.15, 0.2) is 0 Å². The third kappa shape index (κ3) is 6.58. The van der Waals surface area contributed by atoms with Crippen molar-refractivity contribution in [3.05, 3.63) is 29.3 Å². The monoisotopic (exact) mass is 496 g/mol. The van der Waals surface area contributed by atoms with Gasteiger partial charge in [-0.2, -0.15) is 0 Å². The minimum atomic E-state index is -1.57. The standard InChI is InChI=1S/C23H30F2N4O6/c1-14(2)34-23(33)29-10-6-16(7-11-29)35-26-15-4-8-28(9-5-15)20-13-18(24)17(12-19(20)25)21(30)27(3)22(31)32/h12-14,16H,4-11H2,1-3H3,(H,31,32). The van der Waals surface area contributed by atoms with Crippen molar-refractivity contribution < 1.29 is 37.8 Å². The van der Waals surface area contributed by atoms with Gasteiger partial charge in [-0.25, -0.2) is 23.3 Å². The molecule has 12 heteroatoms. The minimum Gasteiger partial charge on any atom is -0.465 e. The van der Waals surface area contributed by atoms with Crippen LogP contribution in [-0.4, -0.2) is 84.1 Å². The molecule has 0 saturated carbocycles. The number of carbonyl (C=O) groups excluding carboxylic acids is 2. The van der Waals surface area contributed by atoms with Gasteiger partial charge in [-0.3, -0.25) is 4.79 Å². The molecule has 3 rings (SSSR count). The van der Waals surface area contributed by atoms with Gasteiger partial charge in [0.1, 0.15) is 17.7 Å². The molecule has 2 aliphatic heterocycles. The molecular weight excluding hydrogens is 466 g/mol. The van der Waals surface area contributed by atoms with Gasteiger partial charge in [0.2, 0.25) is 0 Å². The summed E-state index contributed by atoms with van der Waals surface area (Å²) in [6.07, 6.45) is 0.0922. The van der Waals surface area contributed by atoms with Crippen molar-refractivity contribution in [2.24, 2.45) is 5.16 Å². The Kier molecular flexibility index (Phi) is 8.47. The SMILES string of the molecule is CC(C)OC(=O)N1CCC(ON=C2CCN(c3cc(F)c(C(=O)N(C)C(=O)O)cc3F)CC2)CC1. The van der Waals surface area contributed by atoms with Crippen LogP contribution < -0.4 is 4.90 Å². The summed E-state index contributed by atoms with van der Waals surface area (Å²) in [5.41, 5.74) is 0.156. The Morgan fingerprint density at radius 2 is 1.71 bits per heavy atom. The molecule has 0 aliphatic carbocycles. The molecule has 10 nitrogen and oxygen atoms in total. The van der Waals surface area contributed by atoms with Crippen LogP contribution in [0.25, 0.3) is 0 Å². The molecule has 192 valence electrons. The van der Waals surface area contributed by atoms with Crippen molar-refractivity contribution in [2.75, 3.05) is 38.1 Å². The van der Waals surface area contributed by atoms with E-state index in [0.29, 0.717) is 56.8 Å². The summed E-state index contributed by atoms with van der Waals surface area (Å²) in [6, 6.07) is 1.64. The molecule has 2 saturated heterocycles. The average molecular weight is 497 g/mol. The maximum atomic E-state index is 14.7. The van der Waals surface area contributed by atoms with Gasteiger partial charge < -0.3 is 24.5 Å². The van der Waals surface area contributed by atoms with E-state index < -0.39 is 29.2 Å². The Hall–Kier alpha value is -3.44. The minimum absolute atomic E-state index is 0.00217. The number of halogens is 2. The third-order valence-electron chi connectivity index (χ3n) is 5.91. The normalized spacial score (nSPS) is 16.8. The highest BCUT2D eigenvalue weighted by Crippen LogP contribution is 2.27. The first kappa shape index (κ1) is 26.2. The first-order valence-electron chi connectivity index (χ1n) is 11.5. The van der Waals surface area contributed by atoms with Gasteiger partial charge in [-0.15, -0.1) is 0 Å². The molecule has 1 N–H and O–H groups in total. The number of carbonyl (C=O) groups is 3. The van der Waals surface area contributed by atoms with Crippen molar-refractivity contribution in [2.45, 2.75) is 51.7 Å². The summed E-state index contributed by atoms with van der Waals surface area (Å²) in [7, 11) is 0.966. The molecule has 1 aromatic carbocycles. The summed E-state index contributed by atoms with van der Waals surface area (Å²) >= 11 is 0. The smallest absolute Gasteiger partial charge is 0.414 e. The molecule has 0 spiro atoms. The number of oxime groups is 1. The van der Waals surface area contributed by atoms with Crippen LogP contribution in [0, 0.1) is 11.6 Å². The molecule has 0 radical (unpaired) electrons. The van der Waals surface area contributed by atoms with Crippen molar-refractivity contribution >= 4 is 29.5 Å². The highest BCUT2D eigenvalue weighted by atomic mass is 19.1. The molecule has 0 bridgehead atoms. The van der Waals surface area contributed by atoms with E-state index in [4.69, 9.17) is 14.7 Å². The summed E-state index contributed by atoms with van der Waals surface area (Å²) in [6.45, 7) is 5.41. The highest BCUT2D eigenvalue weighted by Gasteiger charge is 2.27. The zero-order chi connectivity index (χ0) is 25.7. The molecule has 0 aromatic heterocycles. The van der Waals surface area contributed by atoms with Crippen LogP contribution in [0.1, 0.15) is 49.9 Å². The molecule has 3 amide bonds. The van der Waals surface area contributed by atoms with Crippen LogP contribution in [-0.2, 0) is 9.57 Å². The van der Waals surface area contributed by atoms with E-state index in [1.807, 2.05) is 0 Å². The average Bonchev–Trinajstić information content (AvgIpc) is 2.83. The fourth-order valence-electron chi connectivity index (χ4n) is 3.88. The summed E-state index contributed by atoms with van der Waals surface area (Å²) in [5.74, 6) is -2.95. The first-order valence-corrected chi connectivity index (χ1v) is 11.5. The fraction of sp³-hybridized carbons (Fsp3) is 0.565. The topological polar surface area (TPSA) is 112 Å². The van der Waals surface area contributed by atoms with E-state index in [1.54, 1.807) is 23.6 Å². The molecule has 0 atom stereocenters. The lowest BCUT2D eigenvalue weighted by atomic mass is 10.1. The second kappa shape index (κ2) is 11.3. The number of carboxylic acid groups (broad SMARTS) is 1. The number of likely N-dealkylation sites (tertiary alicyclic amines) is 1. The molecule has 2 aliphatic rings. The van der Waals surface area contributed by atoms with E-state index in [2.05, 4.69) is 5.16 Å². The molecule has 0 unspecified atom stereocenters. The van der Waals surface area contributed by atoms with Crippen molar-refractivity contribution in [1.82, 2.24) is 9.80 Å². The lowest BCUT2D eigenvalue weighted by Crippen LogP contribution is -2.41. The van der Waals surface area contributed by atoms with Gasteiger partial charge in [0.25, 0.3) is 5.91 Å². The van der Waals surface area contributed by atoms with Gasteiger partial charge in [0.05, 0.1) is 23.1 Å². The van der Waals surface area contributed by atoms with E-state index in [-0.39, 0.29) is 24.0 Å². The van der Waals surface area contributed by atoms with Crippen LogP contribution >= 0.6 is 0 Å². The first-order chi connectivity index (χ1) is 16.6. The number of amides is 3.